The van der Waals surface area contributed by atoms with Crippen molar-refractivity contribution < 1.29 is 54.1 Å². The molecule has 4 heterocycles. The van der Waals surface area contributed by atoms with Crippen molar-refractivity contribution in [3.05, 3.63) is 197 Å². The molecule has 6 aromatic rings. The summed E-state index contributed by atoms with van der Waals surface area (Å²) in [6, 6.07) is 20.5. The van der Waals surface area contributed by atoms with E-state index in [0.29, 0.717) is 37.3 Å². The van der Waals surface area contributed by atoms with E-state index in [1.165, 1.54) is 31.7 Å². The number of aliphatic hydroxyl groups excluding tert-OH is 2. The lowest BCUT2D eigenvalue weighted by Crippen LogP contribution is -2.41. The number of aromatic hydroxyl groups is 3. The van der Waals surface area contributed by atoms with E-state index < -0.39 is 46.9 Å². The van der Waals surface area contributed by atoms with Crippen molar-refractivity contribution >= 4 is 34.0 Å². The highest BCUT2D eigenvalue weighted by Crippen LogP contribution is 2.73. The fraction of sp³-hybridized carbons (Fsp3) is 0.412. The molecule has 9 aliphatic rings. The number of anilines is 1. The van der Waals surface area contributed by atoms with Crippen molar-refractivity contribution in [1.29, 1.82) is 0 Å². The third-order valence-corrected chi connectivity index (χ3v) is 23.5. The average Bonchev–Trinajstić information content (AvgIpc) is 1.53. The van der Waals surface area contributed by atoms with Crippen LogP contribution in [0.1, 0.15) is 173 Å². The number of ketones is 2. The second-order valence-corrected chi connectivity index (χ2v) is 28.5. The number of hydrogen-bond acceptors (Lipinski definition) is 13. The van der Waals surface area contributed by atoms with Gasteiger partial charge >= 0.3 is 5.97 Å². The van der Waals surface area contributed by atoms with Gasteiger partial charge in [0.2, 0.25) is 5.75 Å². The molecule has 490 valence electrons. The Morgan fingerprint density at radius 3 is 2.52 bits per heavy atom. The Morgan fingerprint density at radius 1 is 0.863 bits per heavy atom. The molecule has 2 saturated carbocycles. The summed E-state index contributed by atoms with van der Waals surface area (Å²) in [4.78, 5) is 48.9. The number of dihydropyridines is 1. The van der Waals surface area contributed by atoms with Gasteiger partial charge in [0.1, 0.15) is 40.7 Å². The molecule has 0 saturated heterocycles. The van der Waals surface area contributed by atoms with Crippen molar-refractivity contribution in [1.82, 2.24) is 14.9 Å². The number of phenols is 3. The van der Waals surface area contributed by atoms with Gasteiger partial charge in [-0.05, 0) is 176 Å². The zero-order valence-electron chi connectivity index (χ0n) is 54.2. The molecule has 7 aliphatic carbocycles. The fourth-order valence-corrected chi connectivity index (χ4v) is 19.5. The van der Waals surface area contributed by atoms with Gasteiger partial charge in [0.15, 0.2) is 11.5 Å². The van der Waals surface area contributed by atoms with E-state index in [-0.39, 0.29) is 108 Å². The highest BCUT2D eigenvalue weighted by atomic mass is 16.5. The van der Waals surface area contributed by atoms with E-state index in [0.717, 1.165) is 107 Å². The van der Waals surface area contributed by atoms with E-state index in [2.05, 4.69) is 123 Å². The summed E-state index contributed by atoms with van der Waals surface area (Å²) >= 11 is 0. The standard InChI is InChI=1S/C80H84N4O11/c1-47(86)28-34-83-68-24-21-61-74-64(68)45-84(75(74)67-23-22-65-49(11-9-35-85)25-29-78(65)31-32-79(67,46-78)77(61)92)69(52-37-70(91)76(71(38-52)93-3)95-58-18-8-17-56(89)40-58)42-57(90)41-59(94-48(2)87)26-30-80-53-12-5-13-54(80)15-7-20-66(80)63-44-81-43-62(63)60(19-6-14-53)73(50-10-4-16-55(88)36-50)51-27-33-82-72(83)39-51/h4-5,7-8,10,12-13,16-18,20-24,27,36-40,43-45,49,54,59-60,65-67,69,73,77,81-82,85,88-89,91-92H,9,11,14-15,25-26,28-35,41-42,46H2,1-3H3. The Kier molecular flexibility index (Phi) is 16.1. The van der Waals surface area contributed by atoms with Crippen molar-refractivity contribution in [3.63, 3.8) is 0 Å². The minimum Gasteiger partial charge on any atom is -0.508 e. The Balaban J connectivity index is 0.987. The monoisotopic (exact) mass is 1280 g/mol. The van der Waals surface area contributed by atoms with Crippen LogP contribution in [-0.4, -0.2) is 85.5 Å². The molecule has 2 aliphatic heterocycles. The van der Waals surface area contributed by atoms with Crippen molar-refractivity contribution in [3.8, 4) is 46.3 Å². The summed E-state index contributed by atoms with van der Waals surface area (Å²) in [5, 5.41) is 63.6. The second kappa shape index (κ2) is 24.7. The van der Waals surface area contributed by atoms with Crippen LogP contribution in [-0.2, 0) is 19.1 Å². The first kappa shape index (κ1) is 62.2. The molecule has 15 nitrogen and oxygen atoms in total. The minimum absolute atomic E-state index is 0.00255. The second-order valence-electron chi connectivity index (χ2n) is 28.5. The summed E-state index contributed by atoms with van der Waals surface area (Å²) in [5.41, 5.74) is 6.94. The number of nitrogens with one attached hydrogen (secondary N) is 2. The van der Waals surface area contributed by atoms with Crippen LogP contribution in [0.3, 0.4) is 0 Å². The first-order chi connectivity index (χ1) is 46.1. The zero-order valence-corrected chi connectivity index (χ0v) is 54.2. The number of hydrogen-bond donors (Lipinski definition) is 7. The SMILES string of the molecule is COc1cc(C2CC(=O)CC(OC(C)=O)CCC34C5=CC=CC3CC=CC4c3c[nH]cc3C(C#CC5)C(c3cccc(O)c3)C3=CCNC(=C3)N(CCC(C)=O)c3ccc4c5c(n2cc35)C2C=CC3C(CCCO)CCC35CCC2(C5)C4O)cc(O)c1Oc1cccc(O)c1. The normalized spacial score (nSPS) is 30.1. The van der Waals surface area contributed by atoms with Crippen LogP contribution in [0.15, 0.2) is 163 Å². The van der Waals surface area contributed by atoms with Gasteiger partial charge in [-0.25, -0.2) is 0 Å². The van der Waals surface area contributed by atoms with Gasteiger partial charge in [-0.15, -0.1) is 0 Å². The van der Waals surface area contributed by atoms with E-state index in [1.54, 1.807) is 37.3 Å². The first-order valence-corrected chi connectivity index (χ1v) is 34.2. The molecule has 13 unspecified atom stereocenters. The molecule has 0 radical (unpaired) electrons. The van der Waals surface area contributed by atoms with Gasteiger partial charge in [0, 0.05) is 122 Å². The number of aliphatic hydroxyl groups is 2. The number of esters is 1. The molecule has 0 amide bonds. The molecule has 4 aromatic carbocycles. The minimum atomic E-state index is -0.879. The van der Waals surface area contributed by atoms with Gasteiger partial charge in [0.25, 0.3) is 0 Å². The number of Topliss-reactive ketones (excluding diaryl/α,β-unsaturated/α-hetero) is 2. The van der Waals surface area contributed by atoms with E-state index >= 15 is 4.79 Å². The number of rotatable bonds is 12. The number of phenolic OH excluding ortho intramolecular Hbond substituents is 3. The summed E-state index contributed by atoms with van der Waals surface area (Å²) in [5.74, 6) is 7.31. The predicted octanol–water partition coefficient (Wildman–Crippen LogP) is 14.5. The van der Waals surface area contributed by atoms with Crippen molar-refractivity contribution in [2.45, 2.75) is 146 Å². The molecular weight excluding hydrogens is 1190 g/mol. The Labute approximate surface area is 554 Å². The number of methoxy groups -OCH3 is 1. The first-order valence-electron chi connectivity index (χ1n) is 34.2. The van der Waals surface area contributed by atoms with Gasteiger partial charge in [0.05, 0.1) is 30.9 Å². The number of ether oxygens (including phenoxy) is 3. The van der Waals surface area contributed by atoms with Crippen LogP contribution in [0.2, 0.25) is 0 Å². The van der Waals surface area contributed by atoms with Crippen LogP contribution in [0.5, 0.6) is 34.5 Å². The number of H-pyrrole nitrogens is 1. The van der Waals surface area contributed by atoms with Gasteiger partial charge in [-0.1, -0.05) is 90.3 Å². The number of allylic oxidation sites excluding steroid dienone is 10. The van der Waals surface area contributed by atoms with E-state index in [1.807, 2.05) is 12.1 Å². The topological polar surface area (TPSA) is 216 Å². The number of benzene rings is 4. The molecule has 2 aromatic heterocycles. The summed E-state index contributed by atoms with van der Waals surface area (Å²) in [6.07, 6.45) is 33.5. The average molecular weight is 1280 g/mol. The maximum absolute atomic E-state index is 16.0. The molecule has 7 N–H and O–H groups in total. The summed E-state index contributed by atoms with van der Waals surface area (Å²) < 4.78 is 21.0. The van der Waals surface area contributed by atoms with Crippen LogP contribution in [0.25, 0.3) is 10.8 Å². The fourth-order valence-electron chi connectivity index (χ4n) is 19.5. The maximum Gasteiger partial charge on any atom is 0.302 e. The summed E-state index contributed by atoms with van der Waals surface area (Å²) in [6.45, 7) is 3.84. The Morgan fingerprint density at radius 2 is 1.71 bits per heavy atom. The number of carbonyl (C=O) groups excluding carboxylic acids is 3. The third kappa shape index (κ3) is 10.6. The number of fused-ring (bicyclic) bond motifs is 4. The Bertz CT molecular complexity index is 4340. The zero-order chi connectivity index (χ0) is 65.5. The number of aromatic nitrogens is 2. The summed E-state index contributed by atoms with van der Waals surface area (Å²) in [7, 11) is 1.50. The van der Waals surface area contributed by atoms with E-state index in [4.69, 9.17) is 14.2 Å². The van der Waals surface area contributed by atoms with Gasteiger partial charge < -0.3 is 59.5 Å². The molecule has 8 bridgehead atoms. The predicted molar refractivity (Wildman–Crippen MR) is 363 cm³/mol. The number of aromatic amines is 1. The van der Waals surface area contributed by atoms with Gasteiger partial charge in [-0.3, -0.25) is 14.4 Å². The lowest BCUT2D eigenvalue weighted by atomic mass is 9.53. The molecular formula is C80H84N4O11. The number of carbonyl (C=O) groups is 3. The van der Waals surface area contributed by atoms with E-state index in [9.17, 15) is 35.1 Å². The van der Waals surface area contributed by atoms with Crippen LogP contribution in [0, 0.1) is 45.8 Å². The third-order valence-electron chi connectivity index (χ3n) is 23.5. The lowest BCUT2D eigenvalue weighted by Gasteiger charge is -2.50. The molecule has 2 fully saturated rings. The largest absolute Gasteiger partial charge is 0.508 e. The Hall–Kier alpha value is -8.97. The smallest absolute Gasteiger partial charge is 0.302 e. The molecule has 15 rings (SSSR count). The molecule has 15 heteroatoms. The maximum atomic E-state index is 16.0. The lowest BCUT2D eigenvalue weighted by molar-refractivity contribution is -0.148. The molecule has 95 heavy (non-hydrogen) atoms. The highest BCUT2D eigenvalue weighted by molar-refractivity contribution is 6.01. The quantitative estimate of drug-likeness (QED) is 0.0345. The van der Waals surface area contributed by atoms with Crippen molar-refractivity contribution in [2.75, 3.05) is 31.7 Å². The van der Waals surface area contributed by atoms with Gasteiger partial charge in [-0.2, -0.15) is 0 Å². The van der Waals surface area contributed by atoms with Crippen LogP contribution >= 0.6 is 0 Å². The number of nitrogens with zero attached hydrogens (tertiary/aromatic N) is 2. The van der Waals surface area contributed by atoms with Crippen LogP contribution in [0.4, 0.5) is 5.69 Å². The van der Waals surface area contributed by atoms with Crippen LogP contribution < -0.4 is 19.7 Å². The molecule has 3 spiro atoms. The highest BCUT2D eigenvalue weighted by Gasteiger charge is 2.64. The molecule has 13 atom stereocenters. The van der Waals surface area contributed by atoms with Crippen molar-refractivity contribution in [2.24, 2.45) is 34.0 Å².